The predicted octanol–water partition coefficient (Wildman–Crippen LogP) is 7.02. The molecule has 1 aliphatic rings. The molecule has 0 radical (unpaired) electrons. The van der Waals surface area contributed by atoms with Crippen molar-refractivity contribution in [2.75, 3.05) is 25.0 Å². The number of hydrogen-bond donors (Lipinski definition) is 1. The third-order valence-corrected chi connectivity index (χ3v) is 8.03. The number of aryl methyl sites for hydroxylation is 1. The lowest BCUT2D eigenvalue weighted by Gasteiger charge is -2.23. The quantitative estimate of drug-likeness (QED) is 0.275. The van der Waals surface area contributed by atoms with Crippen LogP contribution in [-0.2, 0) is 0 Å². The zero-order valence-corrected chi connectivity index (χ0v) is 23.4. The molecule has 4 aromatic rings. The van der Waals surface area contributed by atoms with E-state index in [1.54, 1.807) is 6.07 Å². The number of fused-ring (bicyclic) bond motifs is 1. The topological polar surface area (TPSA) is 71.8 Å². The van der Waals surface area contributed by atoms with Gasteiger partial charge in [0.25, 0.3) is 0 Å². The van der Waals surface area contributed by atoms with E-state index in [0.717, 1.165) is 19.3 Å². The third-order valence-electron chi connectivity index (χ3n) is 8.03. The van der Waals surface area contributed by atoms with Crippen LogP contribution < -0.4 is 5.32 Å². The summed E-state index contributed by atoms with van der Waals surface area (Å²) in [6.07, 6.45) is 6.66. The van der Waals surface area contributed by atoms with Crippen molar-refractivity contribution in [3.05, 3.63) is 59.7 Å². The standard InChI is InChI=1S/C30H37F2N7/c1-6-38-12-7-8-21(11-13-38)19(4)22-9-10-27(33-16-22)36-30-34-17-25(32)28(37-30)23-14-24(31)29-26(15-23)39(18(2)3)20(5)35-29/h9-10,14-19,21H,6-8,11-13H2,1-5H3,(H,33,34,36,37)/t19-,21?/m1/s1. The van der Waals surface area contributed by atoms with Crippen LogP contribution in [0, 0.1) is 24.5 Å². The van der Waals surface area contributed by atoms with E-state index >= 15 is 0 Å². The number of anilines is 2. The molecular formula is C30H37F2N7. The van der Waals surface area contributed by atoms with Gasteiger partial charge in [0.15, 0.2) is 11.6 Å². The lowest BCUT2D eigenvalue weighted by atomic mass is 9.83. The number of pyridine rings is 1. The van der Waals surface area contributed by atoms with E-state index in [2.05, 4.69) is 50.1 Å². The number of halogens is 2. The van der Waals surface area contributed by atoms with Crippen molar-refractivity contribution >= 4 is 22.8 Å². The molecule has 9 heteroatoms. The smallest absolute Gasteiger partial charge is 0.229 e. The van der Waals surface area contributed by atoms with Gasteiger partial charge in [0.1, 0.15) is 22.9 Å². The second kappa shape index (κ2) is 11.3. The Bertz CT molecular complexity index is 1450. The summed E-state index contributed by atoms with van der Waals surface area (Å²) in [4.78, 5) is 20.0. The van der Waals surface area contributed by atoms with E-state index in [4.69, 9.17) is 0 Å². The van der Waals surface area contributed by atoms with Gasteiger partial charge in [0.05, 0.1) is 11.7 Å². The van der Waals surface area contributed by atoms with Gasteiger partial charge in [-0.05, 0) is 95.3 Å². The number of benzene rings is 1. The summed E-state index contributed by atoms with van der Waals surface area (Å²) >= 11 is 0. The first kappa shape index (κ1) is 27.1. The Labute approximate surface area is 228 Å². The molecular weight excluding hydrogens is 496 g/mol. The van der Waals surface area contributed by atoms with Gasteiger partial charge >= 0.3 is 0 Å². The van der Waals surface area contributed by atoms with Crippen LogP contribution in [0.4, 0.5) is 20.5 Å². The number of likely N-dealkylation sites (tertiary alicyclic amines) is 1. The first-order valence-corrected chi connectivity index (χ1v) is 13.9. The predicted molar refractivity (Wildman–Crippen MR) is 151 cm³/mol. The van der Waals surface area contributed by atoms with E-state index in [1.807, 2.05) is 37.6 Å². The Balaban J connectivity index is 1.36. The van der Waals surface area contributed by atoms with Gasteiger partial charge in [-0.2, -0.15) is 0 Å². The van der Waals surface area contributed by atoms with Crippen molar-refractivity contribution in [1.82, 2.24) is 29.4 Å². The highest BCUT2D eigenvalue weighted by atomic mass is 19.1. The van der Waals surface area contributed by atoms with Gasteiger partial charge in [-0.3, -0.25) is 0 Å². The van der Waals surface area contributed by atoms with E-state index in [-0.39, 0.29) is 23.2 Å². The molecule has 7 nitrogen and oxygen atoms in total. The maximum atomic E-state index is 15.0. The van der Waals surface area contributed by atoms with Crippen LogP contribution in [0.1, 0.15) is 70.3 Å². The summed E-state index contributed by atoms with van der Waals surface area (Å²) in [7, 11) is 0. The molecule has 1 saturated heterocycles. The van der Waals surface area contributed by atoms with Crippen molar-refractivity contribution in [2.45, 2.75) is 65.8 Å². The van der Waals surface area contributed by atoms with Gasteiger partial charge in [-0.15, -0.1) is 0 Å². The molecule has 0 saturated carbocycles. The molecule has 4 heterocycles. The molecule has 1 aromatic carbocycles. The monoisotopic (exact) mass is 533 g/mol. The molecule has 0 spiro atoms. The highest BCUT2D eigenvalue weighted by molar-refractivity contribution is 5.83. The Morgan fingerprint density at radius 3 is 2.54 bits per heavy atom. The largest absolute Gasteiger partial charge is 0.326 e. The molecule has 3 aromatic heterocycles. The molecule has 2 atom stereocenters. The highest BCUT2D eigenvalue weighted by Gasteiger charge is 2.23. The summed E-state index contributed by atoms with van der Waals surface area (Å²) in [5, 5.41) is 3.08. The molecule has 0 bridgehead atoms. The van der Waals surface area contributed by atoms with Gasteiger partial charge in [-0.1, -0.05) is 19.9 Å². The fourth-order valence-corrected chi connectivity index (χ4v) is 5.82. The molecule has 1 aliphatic heterocycles. The number of hydrogen-bond acceptors (Lipinski definition) is 6. The number of nitrogens with one attached hydrogen (secondary N) is 1. The summed E-state index contributed by atoms with van der Waals surface area (Å²) in [5.74, 6) is 1.37. The van der Waals surface area contributed by atoms with Crippen molar-refractivity contribution in [3.8, 4) is 11.3 Å². The first-order chi connectivity index (χ1) is 18.7. The Morgan fingerprint density at radius 1 is 1.00 bits per heavy atom. The number of aromatic nitrogens is 5. The van der Waals surface area contributed by atoms with Gasteiger partial charge in [-0.25, -0.2) is 28.7 Å². The second-order valence-electron chi connectivity index (χ2n) is 10.9. The van der Waals surface area contributed by atoms with Gasteiger partial charge < -0.3 is 14.8 Å². The molecule has 1 unspecified atom stereocenters. The van der Waals surface area contributed by atoms with Crippen LogP contribution in [-0.4, -0.2) is 49.0 Å². The van der Waals surface area contributed by atoms with Gasteiger partial charge in [0, 0.05) is 17.8 Å². The average molecular weight is 534 g/mol. The zero-order chi connectivity index (χ0) is 27.7. The average Bonchev–Trinajstić information content (AvgIpc) is 3.09. The van der Waals surface area contributed by atoms with Crippen LogP contribution in [0.5, 0.6) is 0 Å². The van der Waals surface area contributed by atoms with Gasteiger partial charge in [0.2, 0.25) is 5.95 Å². The van der Waals surface area contributed by atoms with Crippen molar-refractivity contribution in [3.63, 3.8) is 0 Å². The minimum atomic E-state index is -0.631. The molecule has 1 fully saturated rings. The van der Waals surface area contributed by atoms with Crippen LogP contribution in [0.2, 0.25) is 0 Å². The van der Waals surface area contributed by atoms with E-state index in [9.17, 15) is 8.78 Å². The van der Waals surface area contributed by atoms with Crippen LogP contribution in [0.3, 0.4) is 0 Å². The number of rotatable bonds is 7. The molecule has 5 rings (SSSR count). The first-order valence-electron chi connectivity index (χ1n) is 13.9. The molecule has 1 N–H and O–H groups in total. The summed E-state index contributed by atoms with van der Waals surface area (Å²) in [6.45, 7) is 13.8. The summed E-state index contributed by atoms with van der Waals surface area (Å²) in [6, 6.07) is 7.07. The van der Waals surface area contributed by atoms with Crippen LogP contribution in [0.25, 0.3) is 22.3 Å². The van der Waals surface area contributed by atoms with Crippen molar-refractivity contribution < 1.29 is 8.78 Å². The third kappa shape index (κ3) is 5.64. The fourth-order valence-electron chi connectivity index (χ4n) is 5.82. The lowest BCUT2D eigenvalue weighted by Crippen LogP contribution is -2.24. The molecule has 0 amide bonds. The minimum absolute atomic E-state index is 0.0159. The maximum absolute atomic E-state index is 15.0. The molecule has 0 aliphatic carbocycles. The Kier molecular flexibility index (Phi) is 7.88. The van der Waals surface area contributed by atoms with Crippen LogP contribution in [0.15, 0.2) is 36.7 Å². The second-order valence-corrected chi connectivity index (χ2v) is 10.9. The minimum Gasteiger partial charge on any atom is -0.326 e. The number of imidazole rings is 1. The van der Waals surface area contributed by atoms with E-state index < -0.39 is 11.6 Å². The zero-order valence-electron chi connectivity index (χ0n) is 23.4. The van der Waals surface area contributed by atoms with E-state index in [1.165, 1.54) is 37.4 Å². The highest BCUT2D eigenvalue weighted by Crippen LogP contribution is 2.33. The van der Waals surface area contributed by atoms with Crippen molar-refractivity contribution in [1.29, 1.82) is 0 Å². The maximum Gasteiger partial charge on any atom is 0.229 e. The van der Waals surface area contributed by atoms with E-state index in [0.29, 0.717) is 34.6 Å². The summed E-state index contributed by atoms with van der Waals surface area (Å²) in [5.41, 5.74) is 2.42. The van der Waals surface area contributed by atoms with Crippen molar-refractivity contribution in [2.24, 2.45) is 5.92 Å². The van der Waals surface area contributed by atoms with Crippen LogP contribution >= 0.6 is 0 Å². The molecule has 206 valence electrons. The normalized spacial score (nSPS) is 17.5. The SMILES string of the molecule is CCN1CCCC([C@@H](C)c2ccc(Nc3ncc(F)c(-c4cc(F)c5nc(C)n(C(C)C)c5c4)n3)nc2)CC1. The Hall–Kier alpha value is -3.46. The summed E-state index contributed by atoms with van der Waals surface area (Å²) < 4.78 is 31.8. The number of nitrogens with zero attached hydrogens (tertiary/aromatic N) is 6. The lowest BCUT2D eigenvalue weighted by molar-refractivity contribution is 0.291. The molecule has 39 heavy (non-hydrogen) atoms. The Morgan fingerprint density at radius 2 is 1.82 bits per heavy atom. The fraction of sp³-hybridized carbons (Fsp3) is 0.467.